The lowest BCUT2D eigenvalue weighted by molar-refractivity contribution is 0.134. The highest BCUT2D eigenvalue weighted by atomic mass is 32.1. The molecule has 5 rings (SSSR count). The number of benzene rings is 2. The zero-order chi connectivity index (χ0) is 22.8. The number of anilines is 2. The van der Waals surface area contributed by atoms with Crippen molar-refractivity contribution in [3.63, 3.8) is 0 Å². The highest BCUT2D eigenvalue weighted by Crippen LogP contribution is 2.38. The van der Waals surface area contributed by atoms with E-state index in [0.29, 0.717) is 6.04 Å². The predicted molar refractivity (Wildman–Crippen MR) is 137 cm³/mol. The minimum Gasteiger partial charge on any atom is -0.496 e. The first-order chi connectivity index (χ1) is 16.2. The van der Waals surface area contributed by atoms with Gasteiger partial charge in [-0.3, -0.25) is 4.90 Å². The third-order valence-electron chi connectivity index (χ3n) is 6.58. The Morgan fingerprint density at radius 3 is 2.79 bits per heavy atom. The molecule has 2 aromatic carbocycles. The molecule has 6 nitrogen and oxygen atoms in total. The Hall–Kier alpha value is -2.90. The number of likely N-dealkylation sites (N-methyl/N-ethyl adjacent to an activating group) is 1. The lowest BCUT2D eigenvalue weighted by Gasteiger charge is -2.40. The van der Waals surface area contributed by atoms with Crippen LogP contribution in [0, 0.1) is 0 Å². The number of hydrogen-bond acceptors (Lipinski definition) is 7. The van der Waals surface area contributed by atoms with E-state index in [1.165, 1.54) is 5.56 Å². The molecule has 1 atom stereocenters. The number of amidine groups is 1. The molecule has 33 heavy (non-hydrogen) atoms. The van der Waals surface area contributed by atoms with Gasteiger partial charge in [0.15, 0.2) is 5.84 Å². The summed E-state index contributed by atoms with van der Waals surface area (Å²) in [6.45, 7) is 5.05. The first kappa shape index (κ1) is 21.9. The van der Waals surface area contributed by atoms with Gasteiger partial charge in [-0.05, 0) is 50.1 Å². The van der Waals surface area contributed by atoms with Crippen molar-refractivity contribution in [2.24, 2.45) is 4.99 Å². The van der Waals surface area contributed by atoms with Crippen molar-refractivity contribution in [3.05, 3.63) is 64.8 Å². The van der Waals surface area contributed by atoms with Crippen LogP contribution in [0.5, 0.6) is 5.75 Å². The number of nitrogens with zero attached hydrogens (tertiary/aromatic N) is 4. The molecule has 2 aliphatic heterocycles. The second-order valence-electron chi connectivity index (χ2n) is 8.65. The topological polar surface area (TPSA) is 53.0 Å². The normalized spacial score (nSPS) is 18.1. The maximum atomic E-state index is 5.57. The molecule has 0 amide bonds. The van der Waals surface area contributed by atoms with Gasteiger partial charge >= 0.3 is 0 Å². The first-order valence-electron chi connectivity index (χ1n) is 11.7. The molecular formula is C26H31N5OS. The Balaban J connectivity index is 1.42. The molecule has 1 N–H and O–H groups in total. The van der Waals surface area contributed by atoms with Crippen LogP contribution in [0.3, 0.4) is 0 Å². The van der Waals surface area contributed by atoms with Crippen LogP contribution in [0.4, 0.5) is 16.4 Å². The maximum absolute atomic E-state index is 5.57. The van der Waals surface area contributed by atoms with Crippen molar-refractivity contribution in [1.29, 1.82) is 0 Å². The summed E-state index contributed by atoms with van der Waals surface area (Å²) < 4.78 is 5.57. The molecule has 1 unspecified atom stereocenters. The number of rotatable bonds is 5. The highest BCUT2D eigenvalue weighted by molar-refractivity contribution is 7.16. The lowest BCUT2D eigenvalue weighted by Crippen LogP contribution is -2.53. The van der Waals surface area contributed by atoms with Gasteiger partial charge in [-0.25, -0.2) is 9.98 Å². The molecule has 0 bridgehead atoms. The van der Waals surface area contributed by atoms with Crippen LogP contribution in [0.2, 0.25) is 0 Å². The number of aryl methyl sites for hydroxylation is 2. The second-order valence-corrected chi connectivity index (χ2v) is 9.73. The van der Waals surface area contributed by atoms with Crippen LogP contribution >= 0.6 is 11.3 Å². The summed E-state index contributed by atoms with van der Waals surface area (Å²) >= 11 is 1.74. The zero-order valence-electron chi connectivity index (χ0n) is 19.5. The molecule has 0 aliphatic carbocycles. The lowest BCUT2D eigenvalue weighted by atomic mass is 10.0. The molecular weight excluding hydrogens is 430 g/mol. The minimum atomic E-state index is 0.436. The standard InChI is InChI=1S/C26H31N5OS/c1-4-23-29-24-25(27-20-10-6-7-11-21(20)28-26(24)33-23)31-16-15-30(2)19(17-31)14-13-18-9-5-8-12-22(18)32-3/h5-12,19,28H,4,13-17H2,1-3H3. The van der Waals surface area contributed by atoms with Gasteiger partial charge in [-0.2, -0.15) is 0 Å². The number of aromatic nitrogens is 1. The first-order valence-corrected chi connectivity index (χ1v) is 12.5. The molecule has 1 fully saturated rings. The number of fused-ring (bicyclic) bond motifs is 2. The molecule has 7 heteroatoms. The number of nitrogens with one attached hydrogen (secondary N) is 1. The fourth-order valence-corrected chi connectivity index (χ4v) is 5.53. The summed E-state index contributed by atoms with van der Waals surface area (Å²) in [7, 11) is 3.98. The number of hydrogen-bond donors (Lipinski definition) is 1. The van der Waals surface area contributed by atoms with Crippen molar-refractivity contribution >= 4 is 33.5 Å². The number of aliphatic imine (C=N–C) groups is 1. The van der Waals surface area contributed by atoms with Crippen molar-refractivity contribution in [1.82, 2.24) is 14.8 Å². The van der Waals surface area contributed by atoms with E-state index in [9.17, 15) is 0 Å². The van der Waals surface area contributed by atoms with Crippen molar-refractivity contribution in [3.8, 4) is 5.75 Å². The van der Waals surface area contributed by atoms with E-state index in [1.54, 1.807) is 18.4 Å². The molecule has 0 spiro atoms. The van der Waals surface area contributed by atoms with E-state index in [4.69, 9.17) is 14.7 Å². The van der Waals surface area contributed by atoms with Gasteiger partial charge < -0.3 is 15.0 Å². The zero-order valence-corrected chi connectivity index (χ0v) is 20.4. The van der Waals surface area contributed by atoms with Gasteiger partial charge in [-0.1, -0.05) is 37.3 Å². The number of ether oxygens (including phenoxy) is 1. The van der Waals surface area contributed by atoms with Gasteiger partial charge in [0.2, 0.25) is 0 Å². The fourth-order valence-electron chi connectivity index (χ4n) is 4.62. The summed E-state index contributed by atoms with van der Waals surface area (Å²) in [4.78, 5) is 15.0. The van der Waals surface area contributed by atoms with E-state index in [2.05, 4.69) is 59.4 Å². The van der Waals surface area contributed by atoms with Crippen LogP contribution < -0.4 is 10.1 Å². The Labute approximate surface area is 199 Å². The molecule has 1 aromatic heterocycles. The summed E-state index contributed by atoms with van der Waals surface area (Å²) in [6.07, 6.45) is 2.99. The van der Waals surface area contributed by atoms with Gasteiger partial charge in [0, 0.05) is 25.7 Å². The fraction of sp³-hybridized carbons (Fsp3) is 0.385. The molecule has 2 aliphatic rings. The number of methoxy groups -OCH3 is 1. The minimum absolute atomic E-state index is 0.436. The summed E-state index contributed by atoms with van der Waals surface area (Å²) in [5, 5.41) is 5.83. The molecule has 0 saturated carbocycles. The van der Waals surface area contributed by atoms with Gasteiger partial charge in [0.25, 0.3) is 0 Å². The summed E-state index contributed by atoms with van der Waals surface area (Å²) in [5.74, 6) is 1.97. The molecule has 1 saturated heterocycles. The number of piperazine rings is 1. The smallest absolute Gasteiger partial charge is 0.158 e. The monoisotopic (exact) mass is 461 g/mol. The van der Waals surface area contributed by atoms with Crippen LogP contribution in [0.1, 0.15) is 29.6 Å². The van der Waals surface area contributed by atoms with Crippen LogP contribution in [0.25, 0.3) is 0 Å². The van der Waals surface area contributed by atoms with Gasteiger partial charge in [0.1, 0.15) is 16.4 Å². The maximum Gasteiger partial charge on any atom is 0.158 e. The quantitative estimate of drug-likeness (QED) is 0.573. The average Bonchev–Trinajstić information content (AvgIpc) is 3.19. The molecule has 3 aromatic rings. The van der Waals surface area contributed by atoms with Crippen LogP contribution in [-0.2, 0) is 12.8 Å². The highest BCUT2D eigenvalue weighted by Gasteiger charge is 2.31. The van der Waals surface area contributed by atoms with Crippen molar-refractivity contribution in [2.75, 3.05) is 39.1 Å². The number of thiazole rings is 1. The Morgan fingerprint density at radius 1 is 1.12 bits per heavy atom. The van der Waals surface area contributed by atoms with Crippen LogP contribution in [-0.4, -0.2) is 60.5 Å². The van der Waals surface area contributed by atoms with E-state index in [-0.39, 0.29) is 0 Å². The van der Waals surface area contributed by atoms with Gasteiger partial charge in [0.05, 0.1) is 23.5 Å². The second kappa shape index (κ2) is 9.53. The van der Waals surface area contributed by atoms with Crippen LogP contribution in [0.15, 0.2) is 53.5 Å². The van der Waals surface area contributed by atoms with E-state index < -0.39 is 0 Å². The van der Waals surface area contributed by atoms with Crippen molar-refractivity contribution < 1.29 is 4.74 Å². The molecule has 0 radical (unpaired) electrons. The van der Waals surface area contributed by atoms with Crippen molar-refractivity contribution in [2.45, 2.75) is 32.2 Å². The summed E-state index contributed by atoms with van der Waals surface area (Å²) in [5.41, 5.74) is 4.27. The van der Waals surface area contributed by atoms with E-state index >= 15 is 0 Å². The third-order valence-corrected chi connectivity index (χ3v) is 7.70. The molecule has 172 valence electrons. The SMILES string of the molecule is CCc1nc2c(s1)Nc1ccccc1N=C2N1CCN(C)C(CCc2ccccc2OC)C1. The number of para-hydroxylation sites is 3. The van der Waals surface area contributed by atoms with E-state index in [1.807, 2.05) is 18.2 Å². The average molecular weight is 462 g/mol. The molecule has 3 heterocycles. The largest absolute Gasteiger partial charge is 0.496 e. The Bertz CT molecular complexity index is 1160. The van der Waals surface area contributed by atoms with Gasteiger partial charge in [-0.15, -0.1) is 11.3 Å². The van der Waals surface area contributed by atoms with E-state index in [0.717, 1.165) is 77.6 Å². The Morgan fingerprint density at radius 2 is 1.94 bits per heavy atom. The summed E-state index contributed by atoms with van der Waals surface area (Å²) in [6, 6.07) is 17.1. The third kappa shape index (κ3) is 4.48. The Kier molecular flexibility index (Phi) is 6.33. The predicted octanol–water partition coefficient (Wildman–Crippen LogP) is 5.10.